The Kier molecular flexibility index (Phi) is 5.47. The van der Waals surface area contributed by atoms with Crippen molar-refractivity contribution in [3.63, 3.8) is 0 Å². The van der Waals surface area contributed by atoms with Crippen LogP contribution < -0.4 is 10.6 Å². The van der Waals surface area contributed by atoms with Crippen molar-refractivity contribution >= 4 is 5.96 Å². The minimum atomic E-state index is 0.454. The van der Waals surface area contributed by atoms with Crippen molar-refractivity contribution in [2.24, 2.45) is 4.99 Å². The van der Waals surface area contributed by atoms with Crippen molar-refractivity contribution in [1.29, 1.82) is 0 Å². The second kappa shape index (κ2) is 7.58. The normalized spacial score (nSPS) is 15.6. The first-order chi connectivity index (χ1) is 9.74. The maximum absolute atomic E-state index is 5.32. The molecule has 4 nitrogen and oxygen atoms in total. The van der Waals surface area contributed by atoms with Crippen LogP contribution in [-0.2, 0) is 6.42 Å². The molecule has 0 atom stereocenters. The fourth-order valence-electron chi connectivity index (χ4n) is 2.05. The molecule has 1 aliphatic carbocycles. The van der Waals surface area contributed by atoms with E-state index in [1.165, 1.54) is 0 Å². The Morgan fingerprint density at radius 2 is 2.25 bits per heavy atom. The molecule has 0 saturated carbocycles. The fourth-order valence-corrected chi connectivity index (χ4v) is 2.05. The van der Waals surface area contributed by atoms with Crippen LogP contribution in [0.15, 0.2) is 52.1 Å². The number of aliphatic imine (C=N–C) groups is 1. The molecule has 2 N–H and O–H groups in total. The van der Waals surface area contributed by atoms with E-state index in [-0.39, 0.29) is 0 Å². The predicted octanol–water partition coefficient (Wildman–Crippen LogP) is 2.65. The summed E-state index contributed by atoms with van der Waals surface area (Å²) in [5.41, 5.74) is 1.06. The largest absolute Gasteiger partial charge is 0.469 e. The van der Waals surface area contributed by atoms with E-state index < -0.39 is 0 Å². The topological polar surface area (TPSA) is 49.6 Å². The molecule has 1 heterocycles. The summed E-state index contributed by atoms with van der Waals surface area (Å²) in [4.78, 5) is 4.54. The summed E-state index contributed by atoms with van der Waals surface area (Å²) in [7, 11) is 0. The third-order valence-corrected chi connectivity index (χ3v) is 3.10. The second-order valence-corrected chi connectivity index (χ2v) is 5.16. The number of nitrogens with zero attached hydrogens (tertiary/aromatic N) is 1. The third kappa shape index (κ3) is 4.96. The Morgan fingerprint density at radius 1 is 1.45 bits per heavy atom. The fraction of sp³-hybridized carbons (Fsp3) is 0.438. The molecular formula is C16H23N3O. The first kappa shape index (κ1) is 14.4. The van der Waals surface area contributed by atoms with E-state index in [4.69, 9.17) is 4.42 Å². The van der Waals surface area contributed by atoms with Crippen LogP contribution in [0.5, 0.6) is 0 Å². The zero-order valence-electron chi connectivity index (χ0n) is 12.1. The molecule has 0 bridgehead atoms. The smallest absolute Gasteiger partial charge is 0.191 e. The Bertz CT molecular complexity index is 466. The van der Waals surface area contributed by atoms with Gasteiger partial charge in [0.15, 0.2) is 5.96 Å². The maximum Gasteiger partial charge on any atom is 0.191 e. The molecule has 1 aromatic rings. The van der Waals surface area contributed by atoms with Gasteiger partial charge in [-0.3, -0.25) is 0 Å². The van der Waals surface area contributed by atoms with Crippen molar-refractivity contribution in [3.05, 3.63) is 48.5 Å². The zero-order chi connectivity index (χ0) is 14.2. The molecule has 2 rings (SSSR count). The molecule has 0 fully saturated rings. The van der Waals surface area contributed by atoms with Gasteiger partial charge in [0.25, 0.3) is 0 Å². The highest BCUT2D eigenvalue weighted by atomic mass is 16.3. The second-order valence-electron chi connectivity index (χ2n) is 5.16. The summed E-state index contributed by atoms with van der Waals surface area (Å²) >= 11 is 0. The Balaban J connectivity index is 1.81. The lowest BCUT2D eigenvalue weighted by Gasteiger charge is -2.17. The summed E-state index contributed by atoms with van der Waals surface area (Å²) in [6, 6.07) is 4.35. The molecule has 1 aromatic heterocycles. The van der Waals surface area contributed by atoms with Gasteiger partial charge in [-0.15, -0.1) is 0 Å². The third-order valence-electron chi connectivity index (χ3n) is 3.10. The van der Waals surface area contributed by atoms with Crippen LogP contribution >= 0.6 is 0 Å². The van der Waals surface area contributed by atoms with Gasteiger partial charge in [0, 0.05) is 19.0 Å². The van der Waals surface area contributed by atoms with Crippen molar-refractivity contribution in [3.8, 4) is 0 Å². The van der Waals surface area contributed by atoms with Gasteiger partial charge in [-0.2, -0.15) is 0 Å². The van der Waals surface area contributed by atoms with Crippen LogP contribution in [-0.4, -0.2) is 25.1 Å². The molecule has 0 radical (unpaired) electrons. The Hall–Kier alpha value is -1.97. The van der Waals surface area contributed by atoms with Crippen LogP contribution in [0.2, 0.25) is 0 Å². The molecule has 0 aliphatic heterocycles. The highest BCUT2D eigenvalue weighted by Crippen LogP contribution is 2.08. The van der Waals surface area contributed by atoms with Crippen LogP contribution in [0.1, 0.15) is 25.5 Å². The predicted molar refractivity (Wildman–Crippen MR) is 82.8 cm³/mol. The summed E-state index contributed by atoms with van der Waals surface area (Å²) in [5.74, 6) is 1.84. The van der Waals surface area contributed by atoms with Gasteiger partial charge in [0.1, 0.15) is 5.76 Å². The van der Waals surface area contributed by atoms with E-state index in [9.17, 15) is 0 Å². The Labute approximate surface area is 120 Å². The molecule has 1 aliphatic rings. The van der Waals surface area contributed by atoms with Gasteiger partial charge in [0.05, 0.1) is 12.8 Å². The summed E-state index contributed by atoms with van der Waals surface area (Å²) < 4.78 is 5.32. The van der Waals surface area contributed by atoms with Crippen LogP contribution in [0.3, 0.4) is 0 Å². The number of hydrogen-bond acceptors (Lipinski definition) is 2. The van der Waals surface area contributed by atoms with Crippen molar-refractivity contribution in [1.82, 2.24) is 10.6 Å². The van der Waals surface area contributed by atoms with E-state index in [1.54, 1.807) is 6.26 Å². The van der Waals surface area contributed by atoms with Crippen LogP contribution in [0.25, 0.3) is 0 Å². The van der Waals surface area contributed by atoms with Gasteiger partial charge in [-0.05, 0) is 31.9 Å². The minimum absolute atomic E-state index is 0.454. The lowest BCUT2D eigenvalue weighted by Crippen LogP contribution is -2.43. The van der Waals surface area contributed by atoms with E-state index >= 15 is 0 Å². The molecule has 0 aromatic carbocycles. The van der Waals surface area contributed by atoms with Gasteiger partial charge >= 0.3 is 0 Å². The highest BCUT2D eigenvalue weighted by molar-refractivity contribution is 5.80. The zero-order valence-corrected chi connectivity index (χ0v) is 12.1. The molecule has 0 saturated heterocycles. The maximum atomic E-state index is 5.32. The quantitative estimate of drug-likeness (QED) is 0.476. The molecule has 4 heteroatoms. The molecule has 108 valence electrons. The van der Waals surface area contributed by atoms with Crippen molar-refractivity contribution < 1.29 is 4.42 Å². The van der Waals surface area contributed by atoms with Gasteiger partial charge in [-0.25, -0.2) is 4.99 Å². The van der Waals surface area contributed by atoms with E-state index in [2.05, 4.69) is 34.4 Å². The monoisotopic (exact) mass is 273 g/mol. The minimum Gasteiger partial charge on any atom is -0.469 e. The van der Waals surface area contributed by atoms with Crippen molar-refractivity contribution in [2.45, 2.75) is 32.2 Å². The number of rotatable bonds is 6. The number of guanidine groups is 1. The number of furan rings is 1. The SMILES string of the molecule is C=C(C)CN=C(NCCc1ccco1)NC1CC=CC1. The summed E-state index contributed by atoms with van der Waals surface area (Å²) in [6.07, 6.45) is 9.09. The van der Waals surface area contributed by atoms with Crippen molar-refractivity contribution in [2.75, 3.05) is 13.1 Å². The molecular weight excluding hydrogens is 250 g/mol. The number of hydrogen-bond donors (Lipinski definition) is 2. The van der Waals surface area contributed by atoms with Gasteiger partial charge in [-0.1, -0.05) is 24.3 Å². The van der Waals surface area contributed by atoms with Gasteiger partial charge < -0.3 is 15.1 Å². The summed E-state index contributed by atoms with van der Waals surface area (Å²) in [6.45, 7) is 7.33. The summed E-state index contributed by atoms with van der Waals surface area (Å²) in [5, 5.41) is 6.81. The standard InChI is InChI=1S/C16H23N3O/c1-13(2)12-18-16(19-14-6-3-4-7-14)17-10-9-15-8-5-11-20-15/h3-5,8,11,14H,1,6-7,9-10,12H2,2H3,(H2,17,18,19). The average Bonchev–Trinajstić information content (AvgIpc) is 3.08. The van der Waals surface area contributed by atoms with E-state index in [0.29, 0.717) is 12.6 Å². The molecule has 20 heavy (non-hydrogen) atoms. The highest BCUT2D eigenvalue weighted by Gasteiger charge is 2.11. The first-order valence-corrected chi connectivity index (χ1v) is 7.10. The van der Waals surface area contributed by atoms with Crippen LogP contribution in [0.4, 0.5) is 0 Å². The van der Waals surface area contributed by atoms with Gasteiger partial charge in [0.2, 0.25) is 0 Å². The van der Waals surface area contributed by atoms with Crippen LogP contribution in [0, 0.1) is 0 Å². The Morgan fingerprint density at radius 3 is 2.90 bits per heavy atom. The lowest BCUT2D eigenvalue weighted by molar-refractivity contribution is 0.506. The average molecular weight is 273 g/mol. The van der Waals surface area contributed by atoms with E-state index in [1.807, 2.05) is 19.1 Å². The lowest BCUT2D eigenvalue weighted by atomic mass is 10.2. The van der Waals surface area contributed by atoms with E-state index in [0.717, 1.165) is 43.1 Å². The molecule has 0 unspecified atom stereocenters. The molecule has 0 spiro atoms. The number of nitrogens with one attached hydrogen (secondary N) is 2. The first-order valence-electron chi connectivity index (χ1n) is 7.10. The molecule has 0 amide bonds.